The van der Waals surface area contributed by atoms with Crippen LogP contribution in [0.15, 0.2) is 24.5 Å². The van der Waals surface area contributed by atoms with Gasteiger partial charge >= 0.3 is 0 Å². The Kier molecular flexibility index (Phi) is 5.72. The van der Waals surface area contributed by atoms with Gasteiger partial charge in [-0.15, -0.1) is 0 Å². The van der Waals surface area contributed by atoms with Crippen molar-refractivity contribution in [2.45, 2.75) is 59.8 Å². The molecule has 2 rings (SSSR count). The van der Waals surface area contributed by atoms with Crippen LogP contribution in [0.25, 0.3) is 0 Å². The van der Waals surface area contributed by atoms with Crippen LogP contribution in [0.4, 0.5) is 5.69 Å². The molecule has 1 heterocycles. The Morgan fingerprint density at radius 3 is 2.24 bits per heavy atom. The van der Waals surface area contributed by atoms with E-state index >= 15 is 0 Å². The zero-order chi connectivity index (χ0) is 15.2. The Morgan fingerprint density at radius 2 is 1.57 bits per heavy atom. The van der Waals surface area contributed by atoms with Crippen LogP contribution in [-0.2, 0) is 0 Å². The Labute approximate surface area is 130 Å². The summed E-state index contributed by atoms with van der Waals surface area (Å²) in [6.07, 6.45) is 11.2. The van der Waals surface area contributed by atoms with Crippen molar-refractivity contribution in [2.24, 2.45) is 0 Å². The van der Waals surface area contributed by atoms with E-state index in [0.29, 0.717) is 0 Å². The summed E-state index contributed by atoms with van der Waals surface area (Å²) in [4.78, 5) is 4.82. The summed E-state index contributed by atoms with van der Waals surface area (Å²) in [7, 11) is 0. The second-order valence-electron chi connectivity index (χ2n) is 6.38. The maximum absolute atomic E-state index is 2.44. The predicted octanol–water partition coefficient (Wildman–Crippen LogP) is 5.13. The quantitative estimate of drug-likeness (QED) is 0.641. The van der Waals surface area contributed by atoms with Crippen molar-refractivity contribution in [2.75, 3.05) is 18.1 Å². The van der Waals surface area contributed by atoms with E-state index < -0.39 is 0 Å². The minimum Gasteiger partial charge on any atom is -0.358 e. The van der Waals surface area contributed by atoms with Gasteiger partial charge in [-0.2, -0.15) is 0 Å². The Bertz CT molecular complexity index is 467. The Hall–Kier alpha value is -1.44. The molecule has 0 radical (unpaired) electrons. The van der Waals surface area contributed by atoms with Gasteiger partial charge in [-0.25, -0.2) is 0 Å². The summed E-state index contributed by atoms with van der Waals surface area (Å²) in [5.41, 5.74) is 5.49. The van der Waals surface area contributed by atoms with Crippen molar-refractivity contribution in [1.29, 1.82) is 0 Å². The molecule has 0 N–H and O–H groups in total. The Morgan fingerprint density at radius 1 is 0.905 bits per heavy atom. The van der Waals surface area contributed by atoms with Gasteiger partial charge in [-0.05, 0) is 38.3 Å². The lowest BCUT2D eigenvalue weighted by molar-refractivity contribution is 0.388. The average molecular weight is 286 g/mol. The third-order valence-corrected chi connectivity index (χ3v) is 4.26. The normalized spacial score (nSPS) is 14.3. The van der Waals surface area contributed by atoms with Gasteiger partial charge in [0.1, 0.15) is 0 Å². The van der Waals surface area contributed by atoms with E-state index in [2.05, 4.69) is 62.0 Å². The van der Waals surface area contributed by atoms with E-state index in [1.54, 1.807) is 0 Å². The van der Waals surface area contributed by atoms with Crippen molar-refractivity contribution < 1.29 is 0 Å². The molecule has 0 aromatic heterocycles. The first-order valence-electron chi connectivity index (χ1n) is 8.38. The van der Waals surface area contributed by atoms with Gasteiger partial charge in [0.15, 0.2) is 0 Å². The monoisotopic (exact) mass is 286 g/mol. The molecule has 0 saturated heterocycles. The number of aryl methyl sites for hydroxylation is 3. The molecular weight excluding hydrogens is 256 g/mol. The number of nitrogens with zero attached hydrogens (tertiary/aromatic N) is 2. The van der Waals surface area contributed by atoms with Gasteiger partial charge in [0.2, 0.25) is 0 Å². The molecule has 21 heavy (non-hydrogen) atoms. The summed E-state index contributed by atoms with van der Waals surface area (Å²) in [6, 6.07) is 4.56. The van der Waals surface area contributed by atoms with Crippen molar-refractivity contribution in [3.05, 3.63) is 41.2 Å². The molecule has 1 aromatic carbocycles. The zero-order valence-corrected chi connectivity index (χ0v) is 14.2. The molecule has 2 heteroatoms. The van der Waals surface area contributed by atoms with Gasteiger partial charge in [0.25, 0.3) is 0 Å². The first-order valence-corrected chi connectivity index (χ1v) is 8.38. The molecule has 0 bridgehead atoms. The highest BCUT2D eigenvalue weighted by Gasteiger charge is 2.17. The summed E-state index contributed by atoms with van der Waals surface area (Å²) < 4.78 is 0. The van der Waals surface area contributed by atoms with Gasteiger partial charge < -0.3 is 9.80 Å². The lowest BCUT2D eigenvalue weighted by Gasteiger charge is -2.24. The molecule has 1 aliphatic heterocycles. The molecule has 0 amide bonds. The van der Waals surface area contributed by atoms with Gasteiger partial charge in [-0.3, -0.25) is 0 Å². The molecule has 0 atom stereocenters. The SMILES string of the molecule is CCCCCCCN1C=CN(c2c(C)cc(C)cc2C)C1. The minimum absolute atomic E-state index is 0.999. The molecule has 2 nitrogen and oxygen atoms in total. The molecular formula is C19H30N2. The van der Waals surface area contributed by atoms with E-state index in [0.717, 1.165) is 6.67 Å². The van der Waals surface area contributed by atoms with Gasteiger partial charge in [-0.1, -0.05) is 50.3 Å². The zero-order valence-electron chi connectivity index (χ0n) is 14.2. The van der Waals surface area contributed by atoms with E-state index in [1.165, 1.54) is 61.0 Å². The number of unbranched alkanes of at least 4 members (excludes halogenated alkanes) is 4. The second-order valence-corrected chi connectivity index (χ2v) is 6.38. The molecule has 0 aliphatic carbocycles. The standard InChI is InChI=1S/C19H30N2/c1-5-6-7-8-9-10-20-11-12-21(15-20)19-17(3)13-16(2)14-18(19)4/h11-14H,5-10,15H2,1-4H3. The molecule has 1 aliphatic rings. The maximum atomic E-state index is 2.44. The summed E-state index contributed by atoms with van der Waals surface area (Å²) in [6.45, 7) is 11.1. The number of benzene rings is 1. The largest absolute Gasteiger partial charge is 0.358 e. The van der Waals surface area contributed by atoms with Crippen LogP contribution in [0.2, 0.25) is 0 Å². The first kappa shape index (κ1) is 15.9. The smallest absolute Gasteiger partial charge is 0.0942 e. The van der Waals surface area contributed by atoms with E-state index in [9.17, 15) is 0 Å². The lowest BCUT2D eigenvalue weighted by Crippen LogP contribution is -2.26. The number of hydrogen-bond acceptors (Lipinski definition) is 2. The third-order valence-electron chi connectivity index (χ3n) is 4.26. The molecule has 116 valence electrons. The van der Waals surface area contributed by atoms with Gasteiger partial charge in [0, 0.05) is 24.6 Å². The van der Waals surface area contributed by atoms with Crippen molar-refractivity contribution in [3.63, 3.8) is 0 Å². The highest BCUT2D eigenvalue weighted by molar-refractivity contribution is 5.62. The summed E-state index contributed by atoms with van der Waals surface area (Å²) in [5, 5.41) is 0. The third kappa shape index (κ3) is 4.26. The molecule has 0 unspecified atom stereocenters. The van der Waals surface area contributed by atoms with Crippen molar-refractivity contribution in [1.82, 2.24) is 4.90 Å². The van der Waals surface area contributed by atoms with Crippen LogP contribution >= 0.6 is 0 Å². The first-order chi connectivity index (χ1) is 10.1. The van der Waals surface area contributed by atoms with Crippen molar-refractivity contribution >= 4 is 5.69 Å². The number of rotatable bonds is 7. The van der Waals surface area contributed by atoms with E-state index in [-0.39, 0.29) is 0 Å². The fraction of sp³-hybridized carbons (Fsp3) is 0.579. The van der Waals surface area contributed by atoms with Crippen LogP contribution in [0.1, 0.15) is 55.7 Å². The van der Waals surface area contributed by atoms with E-state index in [1.807, 2.05) is 0 Å². The highest BCUT2D eigenvalue weighted by atomic mass is 15.3. The molecule has 0 spiro atoms. The fourth-order valence-corrected chi connectivity index (χ4v) is 3.30. The van der Waals surface area contributed by atoms with Crippen molar-refractivity contribution in [3.8, 4) is 0 Å². The maximum Gasteiger partial charge on any atom is 0.0942 e. The summed E-state index contributed by atoms with van der Waals surface area (Å²) >= 11 is 0. The van der Waals surface area contributed by atoms with E-state index in [4.69, 9.17) is 0 Å². The molecule has 1 aromatic rings. The fourth-order valence-electron chi connectivity index (χ4n) is 3.30. The average Bonchev–Trinajstić information content (AvgIpc) is 2.86. The highest BCUT2D eigenvalue weighted by Crippen LogP contribution is 2.28. The number of anilines is 1. The van der Waals surface area contributed by atoms with Crippen LogP contribution in [0, 0.1) is 20.8 Å². The van der Waals surface area contributed by atoms with Gasteiger partial charge in [0.05, 0.1) is 6.67 Å². The van der Waals surface area contributed by atoms with Crippen LogP contribution in [0.3, 0.4) is 0 Å². The number of hydrogen-bond donors (Lipinski definition) is 0. The predicted molar refractivity (Wildman–Crippen MR) is 92.6 cm³/mol. The summed E-state index contributed by atoms with van der Waals surface area (Å²) in [5.74, 6) is 0. The van der Waals surface area contributed by atoms with Crippen LogP contribution in [0.5, 0.6) is 0 Å². The van der Waals surface area contributed by atoms with Crippen LogP contribution in [-0.4, -0.2) is 18.1 Å². The molecule has 0 fully saturated rings. The topological polar surface area (TPSA) is 6.48 Å². The minimum atomic E-state index is 0.999. The second kappa shape index (κ2) is 7.53. The lowest BCUT2D eigenvalue weighted by atomic mass is 10.0. The van der Waals surface area contributed by atoms with Crippen LogP contribution < -0.4 is 4.90 Å². The molecule has 0 saturated carbocycles. The Balaban J connectivity index is 1.87.